The smallest absolute Gasteiger partial charge is 0.225 e. The van der Waals surface area contributed by atoms with E-state index in [0.29, 0.717) is 50.6 Å². The summed E-state index contributed by atoms with van der Waals surface area (Å²) in [5.41, 5.74) is 13.7. The zero-order chi connectivity index (χ0) is 44.4. The van der Waals surface area contributed by atoms with E-state index in [9.17, 15) is 0 Å². The minimum atomic E-state index is 0.413. The average Bonchev–Trinajstić information content (AvgIpc) is 3.37. The molecular weight excluding hydrogens is 823 g/mol. The molecule has 10 rings (SSSR count). The molecule has 19 heteroatoms. The maximum absolute atomic E-state index is 8.93. The first-order chi connectivity index (χ1) is 32.0. The number of benzene rings is 2. The van der Waals surface area contributed by atoms with Gasteiger partial charge in [-0.1, -0.05) is 0 Å². The number of nitrogens with two attached hydrogens (primary N) is 1. The van der Waals surface area contributed by atoms with Crippen LogP contribution in [0.4, 0.5) is 34.9 Å². The van der Waals surface area contributed by atoms with Gasteiger partial charge in [0.2, 0.25) is 17.9 Å². The molecule has 0 radical (unpaired) electrons. The topological polar surface area (TPSA) is 221 Å². The van der Waals surface area contributed by atoms with Crippen LogP contribution in [-0.4, -0.2) is 118 Å². The predicted octanol–water partition coefficient (Wildman–Crippen LogP) is 4.11. The fourth-order valence-electron chi connectivity index (χ4n) is 8.20. The first kappa shape index (κ1) is 42.7. The summed E-state index contributed by atoms with van der Waals surface area (Å²) in [7, 11) is 0. The second-order valence-electron chi connectivity index (χ2n) is 15.6. The highest BCUT2D eigenvalue weighted by Crippen LogP contribution is 2.33. The second-order valence-corrected chi connectivity index (χ2v) is 15.6. The number of rotatable bonds is 8. The molecule has 332 valence electrons. The third-order valence-electron chi connectivity index (χ3n) is 11.4. The van der Waals surface area contributed by atoms with Crippen molar-refractivity contribution in [2.75, 3.05) is 103 Å². The Kier molecular flexibility index (Phi) is 13.3. The molecule has 0 amide bonds. The summed E-state index contributed by atoms with van der Waals surface area (Å²) >= 11 is 0. The molecule has 2 aromatic carbocycles. The number of fused-ring (bicyclic) bond motifs is 2. The van der Waals surface area contributed by atoms with Gasteiger partial charge in [0.15, 0.2) is 17.8 Å². The molecule has 4 aromatic heterocycles. The summed E-state index contributed by atoms with van der Waals surface area (Å²) in [4.78, 5) is 50.8. The van der Waals surface area contributed by atoms with Crippen LogP contribution in [-0.2, 0) is 35.4 Å². The van der Waals surface area contributed by atoms with Crippen LogP contribution in [0.2, 0.25) is 0 Å². The molecule has 6 aromatic rings. The molecule has 0 aliphatic carbocycles. The standard InChI is InChI=1S/C25H28N10O.C21H23N7O/c1-2-27-24(30-17-26)31-19-6-4-18(5-7-19)22-32-21-16-35(25-28-9-3-10-29-25)11-8-20(21)23(33-22)34-12-14-36-15-13-34;22-16-4-2-15(3-5-16)19-25-18-14-28(21-23-7-1-8-24-21)9-6-17(18)20(26-19)27-10-12-29-13-11-27/h3-7,9-10H,2,8,11-16H2,1H3,(H2,27,30,31);1-5,7-8H,6,9-14,22H2. The Morgan fingerprint density at radius 1 is 0.646 bits per heavy atom. The van der Waals surface area contributed by atoms with Crippen LogP contribution in [0.3, 0.4) is 0 Å². The summed E-state index contributed by atoms with van der Waals surface area (Å²) in [6.45, 7) is 11.6. The number of nitrogens with one attached hydrogen (secondary N) is 2. The maximum Gasteiger partial charge on any atom is 0.225 e. The maximum atomic E-state index is 8.93. The van der Waals surface area contributed by atoms with Crippen LogP contribution in [0.5, 0.6) is 0 Å². The molecule has 4 aliphatic rings. The normalized spacial score (nSPS) is 16.1. The quantitative estimate of drug-likeness (QED) is 0.0644. The SMILES string of the molecule is CCN=C(NC#N)Nc1ccc(-c2nc3c(c(N4CCOCC4)n2)CCN(c2ncccn2)C3)cc1.Nc1ccc(-c2nc3c(c(N4CCOCC4)n2)CCN(c2ncccn2)C3)cc1. The highest BCUT2D eigenvalue weighted by molar-refractivity contribution is 5.94. The lowest BCUT2D eigenvalue weighted by Crippen LogP contribution is -2.39. The van der Waals surface area contributed by atoms with Gasteiger partial charge >= 0.3 is 0 Å². The van der Waals surface area contributed by atoms with Crippen molar-refractivity contribution in [2.24, 2.45) is 4.99 Å². The van der Waals surface area contributed by atoms with Crippen LogP contribution in [0, 0.1) is 11.5 Å². The number of nitrogen functional groups attached to an aromatic ring is 1. The molecule has 2 fully saturated rings. The highest BCUT2D eigenvalue weighted by Gasteiger charge is 2.29. The lowest BCUT2D eigenvalue weighted by atomic mass is 10.0. The van der Waals surface area contributed by atoms with Gasteiger partial charge in [-0.15, -0.1) is 0 Å². The number of aliphatic imine (C=N–C) groups is 1. The molecule has 0 saturated carbocycles. The summed E-state index contributed by atoms with van der Waals surface area (Å²) in [6.07, 6.45) is 10.7. The lowest BCUT2D eigenvalue weighted by molar-refractivity contribution is 0.122. The summed E-state index contributed by atoms with van der Waals surface area (Å²) in [6, 6.07) is 19.2. The van der Waals surface area contributed by atoms with Crippen LogP contribution in [0.15, 0.2) is 90.4 Å². The van der Waals surface area contributed by atoms with Crippen molar-refractivity contribution in [1.29, 1.82) is 5.26 Å². The van der Waals surface area contributed by atoms with E-state index in [1.165, 1.54) is 11.1 Å². The van der Waals surface area contributed by atoms with Gasteiger partial charge < -0.3 is 40.1 Å². The zero-order valence-corrected chi connectivity index (χ0v) is 36.3. The van der Waals surface area contributed by atoms with E-state index in [-0.39, 0.29) is 0 Å². The molecule has 0 unspecified atom stereocenters. The van der Waals surface area contributed by atoms with Crippen molar-refractivity contribution >= 4 is 40.9 Å². The van der Waals surface area contributed by atoms with Gasteiger partial charge in [-0.25, -0.2) is 39.9 Å². The minimum Gasteiger partial charge on any atom is -0.399 e. The van der Waals surface area contributed by atoms with Gasteiger partial charge in [0.05, 0.1) is 50.9 Å². The third-order valence-corrected chi connectivity index (χ3v) is 11.4. The van der Waals surface area contributed by atoms with Gasteiger partial charge in [0, 0.05) is 104 Å². The molecule has 2 saturated heterocycles. The number of aromatic nitrogens is 8. The summed E-state index contributed by atoms with van der Waals surface area (Å²) in [5, 5.41) is 14.6. The largest absolute Gasteiger partial charge is 0.399 e. The average molecular weight is 874 g/mol. The van der Waals surface area contributed by atoms with Gasteiger partial charge in [0.25, 0.3) is 0 Å². The van der Waals surface area contributed by atoms with E-state index < -0.39 is 0 Å². The van der Waals surface area contributed by atoms with E-state index >= 15 is 0 Å². The van der Waals surface area contributed by atoms with E-state index in [0.717, 1.165) is 123 Å². The van der Waals surface area contributed by atoms with E-state index in [2.05, 4.69) is 55.2 Å². The molecular formula is C46H51N17O2. The Balaban J connectivity index is 0.000000168. The number of morpholine rings is 2. The number of anilines is 6. The van der Waals surface area contributed by atoms with Crippen LogP contribution in [0.1, 0.15) is 29.4 Å². The molecule has 8 heterocycles. The second kappa shape index (κ2) is 20.3. The van der Waals surface area contributed by atoms with E-state index in [1.807, 2.05) is 73.8 Å². The molecule has 0 spiro atoms. The van der Waals surface area contributed by atoms with Gasteiger partial charge in [-0.3, -0.25) is 10.3 Å². The Bertz CT molecular complexity index is 2600. The number of nitrogens with zero attached hydrogens (tertiary/aromatic N) is 14. The summed E-state index contributed by atoms with van der Waals surface area (Å²) < 4.78 is 11.1. The Labute approximate surface area is 377 Å². The predicted molar refractivity (Wildman–Crippen MR) is 249 cm³/mol. The molecule has 65 heavy (non-hydrogen) atoms. The van der Waals surface area contributed by atoms with E-state index in [1.54, 1.807) is 24.8 Å². The summed E-state index contributed by atoms with van der Waals surface area (Å²) in [5.74, 6) is 5.27. The van der Waals surface area contributed by atoms with Crippen LogP contribution >= 0.6 is 0 Å². The zero-order valence-electron chi connectivity index (χ0n) is 36.3. The van der Waals surface area contributed by atoms with Crippen molar-refractivity contribution in [1.82, 2.24) is 45.2 Å². The van der Waals surface area contributed by atoms with Crippen molar-refractivity contribution in [2.45, 2.75) is 32.9 Å². The number of nitriles is 1. The Morgan fingerprint density at radius 2 is 1.11 bits per heavy atom. The highest BCUT2D eigenvalue weighted by atomic mass is 16.5. The lowest BCUT2D eigenvalue weighted by Gasteiger charge is -2.34. The Morgan fingerprint density at radius 3 is 1.55 bits per heavy atom. The molecule has 0 atom stereocenters. The molecule has 4 N–H and O–H groups in total. The molecule has 0 bridgehead atoms. The first-order valence-corrected chi connectivity index (χ1v) is 21.9. The van der Waals surface area contributed by atoms with Crippen LogP contribution < -0.4 is 36.0 Å². The van der Waals surface area contributed by atoms with Gasteiger partial charge in [0.1, 0.15) is 11.6 Å². The Hall–Kier alpha value is -7.56. The van der Waals surface area contributed by atoms with Crippen molar-refractivity contribution < 1.29 is 9.47 Å². The molecule has 4 aliphatic heterocycles. The monoisotopic (exact) mass is 873 g/mol. The molecule has 19 nitrogen and oxygen atoms in total. The number of ether oxygens (including phenoxy) is 2. The first-order valence-electron chi connectivity index (χ1n) is 21.9. The van der Waals surface area contributed by atoms with Crippen LogP contribution in [0.25, 0.3) is 22.8 Å². The number of guanidine groups is 1. The fourth-order valence-corrected chi connectivity index (χ4v) is 8.20. The number of hydrogen-bond acceptors (Lipinski definition) is 17. The minimum absolute atomic E-state index is 0.413. The van der Waals surface area contributed by atoms with Crippen molar-refractivity contribution in [3.8, 4) is 29.0 Å². The van der Waals surface area contributed by atoms with E-state index in [4.69, 9.17) is 40.4 Å². The van der Waals surface area contributed by atoms with Gasteiger partial charge in [-0.2, -0.15) is 5.26 Å². The van der Waals surface area contributed by atoms with Crippen molar-refractivity contribution in [3.05, 3.63) is 108 Å². The van der Waals surface area contributed by atoms with Gasteiger partial charge in [-0.05, 0) is 80.4 Å². The third kappa shape index (κ3) is 10.1. The fraction of sp³-hybridized carbons (Fsp3) is 0.348. The number of hydrogen-bond donors (Lipinski definition) is 3. The van der Waals surface area contributed by atoms with Crippen molar-refractivity contribution in [3.63, 3.8) is 0 Å².